The summed E-state index contributed by atoms with van der Waals surface area (Å²) in [5.41, 5.74) is 11.3. The minimum absolute atomic E-state index is 0.351. The Hall–Kier alpha value is -3.06. The van der Waals surface area contributed by atoms with Gasteiger partial charge >= 0.3 is 0 Å². The van der Waals surface area contributed by atoms with Crippen LogP contribution in [0.2, 0.25) is 0 Å². The Balaban J connectivity index is 1.55. The zero-order chi connectivity index (χ0) is 22.0. The monoisotopic (exact) mass is 421 g/mol. The van der Waals surface area contributed by atoms with Crippen LogP contribution in [0, 0.1) is 6.92 Å². The van der Waals surface area contributed by atoms with Crippen molar-refractivity contribution in [1.82, 2.24) is 19.5 Å². The number of aromatic nitrogens is 3. The number of piperidine rings is 1. The summed E-state index contributed by atoms with van der Waals surface area (Å²) in [7, 11) is 3.36. The molecule has 1 saturated heterocycles. The number of ether oxygens (including phenoxy) is 2. The molecule has 0 spiro atoms. The smallest absolute Gasteiger partial charge is 0.164 e. The van der Waals surface area contributed by atoms with E-state index in [2.05, 4.69) is 28.7 Å². The molecule has 164 valence electrons. The number of nitrogens with zero attached hydrogens (tertiary/aromatic N) is 4. The number of aryl methyl sites for hydroxylation is 1. The minimum Gasteiger partial charge on any atom is -0.493 e. The van der Waals surface area contributed by atoms with E-state index >= 15 is 0 Å². The third-order valence-electron chi connectivity index (χ3n) is 5.91. The highest BCUT2D eigenvalue weighted by atomic mass is 16.5. The van der Waals surface area contributed by atoms with Crippen LogP contribution in [0.3, 0.4) is 0 Å². The molecule has 1 atom stereocenters. The number of hydrogen-bond donors (Lipinski definition) is 1. The lowest BCUT2D eigenvalue weighted by Crippen LogP contribution is -2.34. The lowest BCUT2D eigenvalue weighted by atomic mass is 9.94. The van der Waals surface area contributed by atoms with Gasteiger partial charge in [0.25, 0.3) is 0 Å². The molecule has 7 heteroatoms. The van der Waals surface area contributed by atoms with Gasteiger partial charge in [-0.15, -0.1) is 6.58 Å². The van der Waals surface area contributed by atoms with Gasteiger partial charge in [0.05, 0.1) is 25.6 Å². The van der Waals surface area contributed by atoms with Crippen LogP contribution >= 0.6 is 0 Å². The fourth-order valence-electron chi connectivity index (χ4n) is 4.55. The SMILES string of the molecule is C=CCc1cc(CN2CCC[C@H](c3cc(N)n4nc(C)cc4n3)C2)cc(OC)c1OC. The van der Waals surface area contributed by atoms with E-state index in [0.29, 0.717) is 11.7 Å². The summed E-state index contributed by atoms with van der Waals surface area (Å²) in [6.07, 6.45) is 4.87. The van der Waals surface area contributed by atoms with Gasteiger partial charge in [0, 0.05) is 36.7 Å². The normalized spacial score (nSPS) is 17.1. The quantitative estimate of drug-likeness (QED) is 0.586. The molecule has 1 aliphatic rings. The van der Waals surface area contributed by atoms with Gasteiger partial charge in [-0.1, -0.05) is 12.1 Å². The molecule has 1 aliphatic heterocycles. The van der Waals surface area contributed by atoms with Gasteiger partial charge < -0.3 is 15.2 Å². The lowest BCUT2D eigenvalue weighted by molar-refractivity contribution is 0.198. The molecule has 4 rings (SSSR count). The van der Waals surface area contributed by atoms with Crippen molar-refractivity contribution in [3.8, 4) is 11.5 Å². The highest BCUT2D eigenvalue weighted by molar-refractivity contribution is 5.51. The second-order valence-corrected chi connectivity index (χ2v) is 8.22. The van der Waals surface area contributed by atoms with E-state index in [9.17, 15) is 0 Å². The molecule has 0 bridgehead atoms. The number of benzene rings is 1. The molecule has 3 heterocycles. The van der Waals surface area contributed by atoms with Crippen LogP contribution < -0.4 is 15.2 Å². The van der Waals surface area contributed by atoms with Gasteiger partial charge in [-0.25, -0.2) is 4.98 Å². The number of rotatable bonds is 7. The van der Waals surface area contributed by atoms with Crippen molar-refractivity contribution in [2.24, 2.45) is 0 Å². The zero-order valence-electron chi connectivity index (χ0n) is 18.6. The second kappa shape index (κ2) is 8.98. The molecule has 0 radical (unpaired) electrons. The summed E-state index contributed by atoms with van der Waals surface area (Å²) in [5, 5.41) is 4.41. The molecule has 0 unspecified atom stereocenters. The number of nitrogen functional groups attached to an aromatic ring is 1. The molecule has 2 N–H and O–H groups in total. The van der Waals surface area contributed by atoms with Crippen LogP contribution in [0.25, 0.3) is 5.65 Å². The van der Waals surface area contributed by atoms with Gasteiger partial charge in [0.1, 0.15) is 5.82 Å². The maximum Gasteiger partial charge on any atom is 0.164 e. The number of allylic oxidation sites excluding steroid dienone is 1. The van der Waals surface area contributed by atoms with Crippen LogP contribution in [0.4, 0.5) is 5.82 Å². The van der Waals surface area contributed by atoms with Crippen LogP contribution in [-0.2, 0) is 13.0 Å². The molecule has 1 fully saturated rings. The number of hydrogen-bond acceptors (Lipinski definition) is 6. The van der Waals surface area contributed by atoms with E-state index in [4.69, 9.17) is 20.2 Å². The maximum absolute atomic E-state index is 6.25. The average molecular weight is 422 g/mol. The number of likely N-dealkylation sites (tertiary alicyclic amines) is 1. The van der Waals surface area contributed by atoms with Crippen molar-refractivity contribution in [1.29, 1.82) is 0 Å². The van der Waals surface area contributed by atoms with Gasteiger partial charge in [0.2, 0.25) is 0 Å². The van der Waals surface area contributed by atoms with Gasteiger partial charge in [-0.05, 0) is 44.4 Å². The molecule has 3 aromatic rings. The summed E-state index contributed by atoms with van der Waals surface area (Å²) in [6, 6.07) is 8.23. The Labute approximate surface area is 183 Å². The fraction of sp³-hybridized carbons (Fsp3) is 0.417. The van der Waals surface area contributed by atoms with Crippen LogP contribution in [0.5, 0.6) is 11.5 Å². The predicted octanol–water partition coefficient (Wildman–Crippen LogP) is 3.75. The van der Waals surface area contributed by atoms with Crippen molar-refractivity contribution < 1.29 is 9.47 Å². The Kier molecular flexibility index (Phi) is 6.13. The number of methoxy groups -OCH3 is 2. The summed E-state index contributed by atoms with van der Waals surface area (Å²) in [6.45, 7) is 8.69. The van der Waals surface area contributed by atoms with Crippen LogP contribution in [0.1, 0.15) is 41.3 Å². The summed E-state index contributed by atoms with van der Waals surface area (Å²) < 4.78 is 12.9. The van der Waals surface area contributed by atoms with E-state index in [0.717, 1.165) is 73.0 Å². The van der Waals surface area contributed by atoms with Gasteiger partial charge in [-0.3, -0.25) is 4.90 Å². The molecule has 2 aromatic heterocycles. The third kappa shape index (κ3) is 4.37. The molecule has 0 aliphatic carbocycles. The first-order chi connectivity index (χ1) is 15.0. The first-order valence-electron chi connectivity index (χ1n) is 10.7. The second-order valence-electron chi connectivity index (χ2n) is 8.22. The zero-order valence-corrected chi connectivity index (χ0v) is 18.6. The Morgan fingerprint density at radius 2 is 2.06 bits per heavy atom. The van der Waals surface area contributed by atoms with Crippen molar-refractivity contribution in [3.63, 3.8) is 0 Å². The van der Waals surface area contributed by atoms with E-state index in [1.807, 2.05) is 25.1 Å². The first-order valence-corrected chi connectivity index (χ1v) is 10.7. The van der Waals surface area contributed by atoms with Gasteiger partial charge in [0.15, 0.2) is 17.1 Å². The summed E-state index contributed by atoms with van der Waals surface area (Å²) >= 11 is 0. The Morgan fingerprint density at radius 3 is 2.81 bits per heavy atom. The average Bonchev–Trinajstić information content (AvgIpc) is 3.14. The summed E-state index contributed by atoms with van der Waals surface area (Å²) in [4.78, 5) is 7.34. The minimum atomic E-state index is 0.351. The molecular formula is C24H31N5O2. The van der Waals surface area contributed by atoms with Crippen LogP contribution in [0.15, 0.2) is 36.9 Å². The molecular weight excluding hydrogens is 390 g/mol. The predicted molar refractivity (Wildman–Crippen MR) is 123 cm³/mol. The number of fused-ring (bicyclic) bond motifs is 1. The molecule has 0 saturated carbocycles. The van der Waals surface area contributed by atoms with Crippen molar-refractivity contribution in [2.75, 3.05) is 33.0 Å². The van der Waals surface area contributed by atoms with Crippen molar-refractivity contribution in [2.45, 2.75) is 38.6 Å². The highest BCUT2D eigenvalue weighted by Crippen LogP contribution is 2.34. The number of nitrogens with two attached hydrogens (primary N) is 1. The van der Waals surface area contributed by atoms with E-state index < -0.39 is 0 Å². The van der Waals surface area contributed by atoms with Gasteiger partial charge in [-0.2, -0.15) is 9.61 Å². The summed E-state index contributed by atoms with van der Waals surface area (Å²) in [5.74, 6) is 2.54. The molecule has 1 aromatic carbocycles. The maximum atomic E-state index is 6.25. The van der Waals surface area contributed by atoms with E-state index in [1.54, 1.807) is 18.7 Å². The standard InChI is InChI=1S/C24H31N5O2/c1-5-7-18-11-17(12-21(30-3)24(18)31-4)14-28-9-6-8-19(15-28)20-13-22(25)29-23(26-20)10-16(2)27-29/h5,10-13,19H,1,6-9,14-15,25H2,2-4H3/t19-/m0/s1. The fourth-order valence-corrected chi connectivity index (χ4v) is 4.55. The van der Waals surface area contributed by atoms with Crippen LogP contribution in [-0.4, -0.2) is 46.8 Å². The highest BCUT2D eigenvalue weighted by Gasteiger charge is 2.24. The van der Waals surface area contributed by atoms with Crippen molar-refractivity contribution in [3.05, 3.63) is 59.4 Å². The van der Waals surface area contributed by atoms with E-state index in [1.165, 1.54) is 5.56 Å². The molecule has 7 nitrogen and oxygen atoms in total. The lowest BCUT2D eigenvalue weighted by Gasteiger charge is -2.32. The topological polar surface area (TPSA) is 77.9 Å². The largest absolute Gasteiger partial charge is 0.493 e. The third-order valence-corrected chi connectivity index (χ3v) is 5.91. The molecule has 0 amide bonds. The van der Waals surface area contributed by atoms with Crippen molar-refractivity contribution >= 4 is 11.5 Å². The number of anilines is 1. The Morgan fingerprint density at radius 1 is 1.23 bits per heavy atom. The van der Waals surface area contributed by atoms with E-state index in [-0.39, 0.29) is 0 Å². The Bertz CT molecular complexity index is 1090. The molecule has 31 heavy (non-hydrogen) atoms. The first kappa shape index (κ1) is 21.2.